The number of aromatic nitrogens is 1. The van der Waals surface area contributed by atoms with Crippen LogP contribution in [-0.4, -0.2) is 31.6 Å². The summed E-state index contributed by atoms with van der Waals surface area (Å²) in [5.74, 6) is -0.709. The van der Waals surface area contributed by atoms with Crippen molar-refractivity contribution in [1.82, 2.24) is 15.0 Å². The van der Waals surface area contributed by atoms with E-state index in [0.29, 0.717) is 0 Å². The van der Waals surface area contributed by atoms with E-state index in [0.717, 1.165) is 5.56 Å². The molecular formula is C15H15Cl2N3O3S. The van der Waals surface area contributed by atoms with Crippen molar-refractivity contribution in [3.05, 3.63) is 63.9 Å². The minimum atomic E-state index is -3.50. The number of halogens is 2. The highest BCUT2D eigenvalue weighted by molar-refractivity contribution is 7.89. The van der Waals surface area contributed by atoms with Gasteiger partial charge in [0.05, 0.1) is 16.3 Å². The normalized spacial score (nSPS) is 11.2. The Labute approximate surface area is 150 Å². The molecule has 0 aliphatic carbocycles. The molecule has 2 aromatic rings. The molecule has 1 heterocycles. The minimum Gasteiger partial charge on any atom is -0.351 e. The zero-order valence-electron chi connectivity index (χ0n) is 12.5. The summed E-state index contributed by atoms with van der Waals surface area (Å²) >= 11 is 11.5. The molecule has 0 saturated heterocycles. The fourth-order valence-electron chi connectivity index (χ4n) is 1.81. The van der Waals surface area contributed by atoms with Gasteiger partial charge in [0.15, 0.2) is 0 Å². The first-order chi connectivity index (χ1) is 11.4. The molecule has 0 spiro atoms. The van der Waals surface area contributed by atoms with Gasteiger partial charge in [-0.25, -0.2) is 18.1 Å². The van der Waals surface area contributed by atoms with Crippen molar-refractivity contribution in [2.75, 3.05) is 12.3 Å². The summed E-state index contributed by atoms with van der Waals surface area (Å²) in [6.07, 6.45) is 1.27. The molecule has 2 rings (SSSR count). The Morgan fingerprint density at radius 3 is 2.54 bits per heavy atom. The fourth-order valence-corrected chi connectivity index (χ4v) is 2.98. The van der Waals surface area contributed by atoms with Gasteiger partial charge in [0.2, 0.25) is 10.0 Å². The van der Waals surface area contributed by atoms with Gasteiger partial charge in [-0.1, -0.05) is 53.5 Å². The first kappa shape index (κ1) is 18.7. The van der Waals surface area contributed by atoms with Crippen molar-refractivity contribution in [2.24, 2.45) is 0 Å². The van der Waals surface area contributed by atoms with Crippen LogP contribution in [-0.2, 0) is 16.6 Å². The van der Waals surface area contributed by atoms with Gasteiger partial charge in [-0.2, -0.15) is 0 Å². The first-order valence-electron chi connectivity index (χ1n) is 6.98. The number of benzene rings is 1. The number of sulfonamides is 1. The van der Waals surface area contributed by atoms with E-state index < -0.39 is 15.9 Å². The molecule has 0 unspecified atom stereocenters. The van der Waals surface area contributed by atoms with Gasteiger partial charge in [-0.05, 0) is 11.6 Å². The molecule has 0 bridgehead atoms. The molecule has 0 aliphatic rings. The molecule has 0 saturated carbocycles. The predicted octanol–water partition coefficient (Wildman–Crippen LogP) is 2.24. The molecule has 2 N–H and O–H groups in total. The second kappa shape index (κ2) is 8.43. The Kier molecular flexibility index (Phi) is 6.56. The van der Waals surface area contributed by atoms with Crippen LogP contribution in [0, 0.1) is 0 Å². The average molecular weight is 388 g/mol. The summed E-state index contributed by atoms with van der Waals surface area (Å²) in [7, 11) is -3.50. The molecule has 6 nitrogen and oxygen atoms in total. The molecule has 1 aromatic carbocycles. The third-order valence-corrected chi connectivity index (χ3v) is 5.07. The summed E-state index contributed by atoms with van der Waals surface area (Å²) in [4.78, 5) is 15.7. The molecule has 0 fully saturated rings. The van der Waals surface area contributed by atoms with Crippen LogP contribution in [0.25, 0.3) is 0 Å². The topological polar surface area (TPSA) is 88.2 Å². The van der Waals surface area contributed by atoms with E-state index in [1.165, 1.54) is 12.3 Å². The third-order valence-electron chi connectivity index (χ3n) is 3.05. The van der Waals surface area contributed by atoms with Crippen molar-refractivity contribution in [3.8, 4) is 0 Å². The van der Waals surface area contributed by atoms with Crippen LogP contribution in [0.1, 0.15) is 15.9 Å². The predicted molar refractivity (Wildman–Crippen MR) is 93.7 cm³/mol. The van der Waals surface area contributed by atoms with Crippen LogP contribution < -0.4 is 10.0 Å². The third kappa shape index (κ3) is 5.76. The Morgan fingerprint density at radius 1 is 1.17 bits per heavy atom. The maximum atomic E-state index is 11.9. The largest absolute Gasteiger partial charge is 0.351 e. The van der Waals surface area contributed by atoms with E-state index in [2.05, 4.69) is 15.0 Å². The fraction of sp³-hybridized carbons (Fsp3) is 0.200. The Hall–Kier alpha value is -1.67. The number of nitrogens with one attached hydrogen (secondary N) is 2. The quantitative estimate of drug-likeness (QED) is 0.712. The Morgan fingerprint density at radius 2 is 1.88 bits per heavy atom. The number of carbonyl (C=O) groups is 1. The van der Waals surface area contributed by atoms with Crippen LogP contribution in [0.2, 0.25) is 10.2 Å². The lowest BCUT2D eigenvalue weighted by atomic mass is 10.2. The Balaban J connectivity index is 1.81. The van der Waals surface area contributed by atoms with E-state index in [1.807, 2.05) is 30.3 Å². The molecule has 0 aliphatic heterocycles. The standard InChI is InChI=1S/C15H15Cl2N3O3S/c16-13-8-12(10-19-14(13)17)15(21)18-6-7-24(22,23)20-9-11-4-2-1-3-5-11/h1-5,8,10,20H,6-7,9H2,(H,18,21). The second-order valence-corrected chi connectivity index (χ2v) is 7.57. The summed E-state index contributed by atoms with van der Waals surface area (Å²) in [6.45, 7) is 0.164. The van der Waals surface area contributed by atoms with Gasteiger partial charge in [-0.3, -0.25) is 4.79 Å². The molecule has 1 aromatic heterocycles. The highest BCUT2D eigenvalue weighted by Crippen LogP contribution is 2.19. The number of hydrogen-bond donors (Lipinski definition) is 2. The van der Waals surface area contributed by atoms with Gasteiger partial charge in [0, 0.05) is 19.3 Å². The summed E-state index contributed by atoms with van der Waals surface area (Å²) in [6, 6.07) is 10.5. The van der Waals surface area contributed by atoms with Crippen molar-refractivity contribution in [1.29, 1.82) is 0 Å². The van der Waals surface area contributed by atoms with Gasteiger partial charge in [0.1, 0.15) is 5.15 Å². The molecule has 0 atom stereocenters. The Bertz CT molecular complexity index is 814. The maximum absolute atomic E-state index is 11.9. The SMILES string of the molecule is O=C(NCCS(=O)(=O)NCc1ccccc1)c1cnc(Cl)c(Cl)c1. The lowest BCUT2D eigenvalue weighted by molar-refractivity contribution is 0.0956. The smallest absolute Gasteiger partial charge is 0.252 e. The number of rotatable bonds is 7. The number of carbonyl (C=O) groups excluding carboxylic acids is 1. The maximum Gasteiger partial charge on any atom is 0.252 e. The highest BCUT2D eigenvalue weighted by atomic mass is 35.5. The second-order valence-electron chi connectivity index (χ2n) is 4.88. The molecule has 0 radical (unpaired) electrons. The summed E-state index contributed by atoms with van der Waals surface area (Å²) in [5, 5.41) is 2.75. The van der Waals surface area contributed by atoms with E-state index in [-0.39, 0.29) is 34.6 Å². The molecule has 128 valence electrons. The number of hydrogen-bond acceptors (Lipinski definition) is 4. The molecule has 24 heavy (non-hydrogen) atoms. The van der Waals surface area contributed by atoms with Crippen LogP contribution in [0.5, 0.6) is 0 Å². The van der Waals surface area contributed by atoms with Crippen molar-refractivity contribution in [3.63, 3.8) is 0 Å². The summed E-state index contributed by atoms with van der Waals surface area (Å²) < 4.78 is 26.3. The number of amides is 1. The van der Waals surface area contributed by atoms with Gasteiger partial charge < -0.3 is 5.32 Å². The van der Waals surface area contributed by atoms with Crippen molar-refractivity contribution >= 4 is 39.1 Å². The van der Waals surface area contributed by atoms with E-state index in [4.69, 9.17) is 23.2 Å². The van der Waals surface area contributed by atoms with Crippen LogP contribution in [0.15, 0.2) is 42.6 Å². The number of nitrogens with zero attached hydrogens (tertiary/aromatic N) is 1. The van der Waals surface area contributed by atoms with Gasteiger partial charge in [0.25, 0.3) is 5.91 Å². The van der Waals surface area contributed by atoms with Gasteiger partial charge >= 0.3 is 0 Å². The summed E-state index contributed by atoms with van der Waals surface area (Å²) in [5.41, 5.74) is 1.06. The first-order valence-corrected chi connectivity index (χ1v) is 9.39. The lowest BCUT2D eigenvalue weighted by Gasteiger charge is -2.08. The lowest BCUT2D eigenvalue weighted by Crippen LogP contribution is -2.34. The van der Waals surface area contributed by atoms with Crippen LogP contribution >= 0.6 is 23.2 Å². The average Bonchev–Trinajstić information content (AvgIpc) is 2.56. The van der Waals surface area contributed by atoms with E-state index in [1.54, 1.807) is 0 Å². The molecule has 1 amide bonds. The highest BCUT2D eigenvalue weighted by Gasteiger charge is 2.13. The van der Waals surface area contributed by atoms with Crippen LogP contribution in [0.3, 0.4) is 0 Å². The van der Waals surface area contributed by atoms with Crippen molar-refractivity contribution < 1.29 is 13.2 Å². The molecular weight excluding hydrogens is 373 g/mol. The number of pyridine rings is 1. The van der Waals surface area contributed by atoms with E-state index >= 15 is 0 Å². The zero-order chi connectivity index (χ0) is 17.6. The zero-order valence-corrected chi connectivity index (χ0v) is 14.8. The van der Waals surface area contributed by atoms with Gasteiger partial charge in [-0.15, -0.1) is 0 Å². The van der Waals surface area contributed by atoms with Crippen LogP contribution in [0.4, 0.5) is 0 Å². The molecule has 9 heteroatoms. The van der Waals surface area contributed by atoms with Crippen molar-refractivity contribution in [2.45, 2.75) is 6.54 Å². The minimum absolute atomic E-state index is 0.0385. The monoisotopic (exact) mass is 387 g/mol. The van der Waals surface area contributed by atoms with E-state index in [9.17, 15) is 13.2 Å².